The fraction of sp³-hybridized carbons (Fsp3) is 0.150. The molecule has 0 bridgehead atoms. The van der Waals surface area contributed by atoms with Crippen molar-refractivity contribution in [2.24, 2.45) is 0 Å². The lowest BCUT2D eigenvalue weighted by molar-refractivity contribution is 0.279. The number of nitrogens with zero attached hydrogens (tertiary/aromatic N) is 3. The number of halogens is 2. The number of rotatable bonds is 7. The highest BCUT2D eigenvalue weighted by atomic mass is 35.5. The van der Waals surface area contributed by atoms with Crippen LogP contribution in [-0.2, 0) is 12.4 Å². The molecule has 148 valence electrons. The van der Waals surface area contributed by atoms with Crippen molar-refractivity contribution in [3.05, 3.63) is 69.3 Å². The zero-order chi connectivity index (χ0) is 20.8. The average Bonchev–Trinajstić information content (AvgIpc) is 2.71. The number of hydrogen-bond acceptors (Lipinski definition) is 7. The van der Waals surface area contributed by atoms with Gasteiger partial charge in [-0.2, -0.15) is 5.26 Å². The van der Waals surface area contributed by atoms with Crippen LogP contribution in [0.4, 0.5) is 5.82 Å². The van der Waals surface area contributed by atoms with Crippen LogP contribution in [0.5, 0.6) is 11.5 Å². The molecule has 0 fully saturated rings. The van der Waals surface area contributed by atoms with E-state index in [0.29, 0.717) is 38.1 Å². The number of para-hydroxylation sites is 2. The average molecular weight is 447 g/mol. The van der Waals surface area contributed by atoms with Crippen LogP contribution < -0.4 is 15.2 Å². The van der Waals surface area contributed by atoms with Gasteiger partial charge < -0.3 is 15.2 Å². The maximum atomic E-state index is 9.43. The number of nitrogen functional groups attached to an aromatic ring is 1. The topological polar surface area (TPSA) is 94.1 Å². The smallest absolute Gasteiger partial charge is 0.190 e. The van der Waals surface area contributed by atoms with E-state index in [1.165, 1.54) is 11.8 Å². The van der Waals surface area contributed by atoms with Crippen molar-refractivity contribution in [3.63, 3.8) is 0 Å². The molecular weight excluding hydrogens is 431 g/mol. The maximum Gasteiger partial charge on any atom is 0.190 e. The Morgan fingerprint density at radius 2 is 1.90 bits per heavy atom. The van der Waals surface area contributed by atoms with Gasteiger partial charge in [0.15, 0.2) is 16.7 Å². The summed E-state index contributed by atoms with van der Waals surface area (Å²) < 4.78 is 11.1. The van der Waals surface area contributed by atoms with Crippen LogP contribution >= 0.6 is 35.0 Å². The number of ether oxygens (including phenoxy) is 2. The van der Waals surface area contributed by atoms with Crippen LogP contribution in [0.2, 0.25) is 10.0 Å². The van der Waals surface area contributed by atoms with E-state index in [9.17, 15) is 5.26 Å². The molecule has 1 heterocycles. The van der Waals surface area contributed by atoms with Gasteiger partial charge in [-0.25, -0.2) is 9.97 Å². The zero-order valence-corrected chi connectivity index (χ0v) is 17.7. The molecule has 3 rings (SSSR count). The SMILES string of the molecule is COc1ccccc1OCc1nc(SCc2ccc(Cl)cc2Cl)nc(N)c1C#N. The molecule has 0 saturated carbocycles. The van der Waals surface area contributed by atoms with Gasteiger partial charge in [-0.3, -0.25) is 0 Å². The fourth-order valence-corrected chi connectivity index (χ4v) is 3.89. The third-order valence-electron chi connectivity index (χ3n) is 3.91. The molecule has 0 radical (unpaired) electrons. The van der Waals surface area contributed by atoms with Gasteiger partial charge in [-0.05, 0) is 29.8 Å². The minimum absolute atomic E-state index is 0.0469. The van der Waals surface area contributed by atoms with Gasteiger partial charge in [0.05, 0.1) is 7.11 Å². The minimum Gasteiger partial charge on any atom is -0.493 e. The molecular formula is C20H16Cl2N4O2S. The quantitative estimate of drug-likeness (QED) is 0.397. The van der Waals surface area contributed by atoms with Crippen LogP contribution in [0.25, 0.3) is 0 Å². The molecule has 0 unspecified atom stereocenters. The molecule has 0 amide bonds. The molecule has 2 aromatic carbocycles. The van der Waals surface area contributed by atoms with Crippen molar-refractivity contribution in [2.75, 3.05) is 12.8 Å². The van der Waals surface area contributed by atoms with E-state index >= 15 is 0 Å². The first kappa shape index (κ1) is 21.1. The highest BCUT2D eigenvalue weighted by molar-refractivity contribution is 7.98. The summed E-state index contributed by atoms with van der Waals surface area (Å²) in [6, 6.07) is 14.6. The number of thioether (sulfide) groups is 1. The van der Waals surface area contributed by atoms with Gasteiger partial charge >= 0.3 is 0 Å². The summed E-state index contributed by atoms with van der Waals surface area (Å²) in [6.45, 7) is 0.0469. The van der Waals surface area contributed by atoms with Crippen molar-refractivity contribution in [2.45, 2.75) is 17.5 Å². The van der Waals surface area contributed by atoms with E-state index < -0.39 is 0 Å². The van der Waals surface area contributed by atoms with Crippen LogP contribution in [0.1, 0.15) is 16.8 Å². The molecule has 2 N–H and O–H groups in total. The molecule has 0 aliphatic rings. The second kappa shape index (κ2) is 9.70. The van der Waals surface area contributed by atoms with Crippen LogP contribution in [0.15, 0.2) is 47.6 Å². The van der Waals surface area contributed by atoms with Gasteiger partial charge in [-0.15, -0.1) is 0 Å². The standard InChI is InChI=1S/C20H16Cl2N4O2S/c1-27-17-4-2-3-5-18(17)28-10-16-14(9-23)19(24)26-20(25-16)29-11-12-6-7-13(21)8-15(12)22/h2-8H,10-11H2,1H3,(H2,24,25,26). The normalized spacial score (nSPS) is 10.4. The Morgan fingerprint density at radius 3 is 2.59 bits per heavy atom. The largest absolute Gasteiger partial charge is 0.493 e. The van der Waals surface area contributed by atoms with E-state index in [0.717, 1.165) is 5.56 Å². The number of benzene rings is 2. The van der Waals surface area contributed by atoms with Crippen molar-refractivity contribution >= 4 is 40.8 Å². The molecule has 0 atom stereocenters. The third-order valence-corrected chi connectivity index (χ3v) is 5.39. The molecule has 0 aliphatic heterocycles. The lowest BCUT2D eigenvalue weighted by Gasteiger charge is -2.12. The first-order valence-corrected chi connectivity index (χ1v) is 10.1. The molecule has 3 aromatic rings. The lowest BCUT2D eigenvalue weighted by Crippen LogP contribution is -2.08. The highest BCUT2D eigenvalue weighted by Crippen LogP contribution is 2.30. The number of methoxy groups -OCH3 is 1. The number of anilines is 1. The van der Waals surface area contributed by atoms with Crippen molar-refractivity contribution in [3.8, 4) is 17.6 Å². The first-order chi connectivity index (χ1) is 14.0. The predicted octanol–water partition coefficient (Wildman–Crippen LogP) is 5.12. The van der Waals surface area contributed by atoms with Gasteiger partial charge in [0.25, 0.3) is 0 Å². The number of nitrogens with two attached hydrogens (primary N) is 1. The van der Waals surface area contributed by atoms with E-state index in [4.69, 9.17) is 38.4 Å². The Hall–Kier alpha value is -2.66. The Balaban J connectivity index is 1.80. The zero-order valence-electron chi connectivity index (χ0n) is 15.4. The van der Waals surface area contributed by atoms with E-state index in [1.807, 2.05) is 24.3 Å². The molecule has 9 heteroatoms. The second-order valence-electron chi connectivity index (χ2n) is 5.79. The van der Waals surface area contributed by atoms with E-state index in [1.54, 1.807) is 31.4 Å². The summed E-state index contributed by atoms with van der Waals surface area (Å²) in [4.78, 5) is 8.66. The minimum atomic E-state index is 0.0469. The Kier molecular flexibility index (Phi) is 7.04. The fourth-order valence-electron chi connectivity index (χ4n) is 2.46. The summed E-state index contributed by atoms with van der Waals surface area (Å²) in [5.41, 5.74) is 7.44. The molecule has 6 nitrogen and oxygen atoms in total. The molecule has 29 heavy (non-hydrogen) atoms. The van der Waals surface area contributed by atoms with Crippen molar-refractivity contribution in [1.29, 1.82) is 5.26 Å². The Labute approximate surface area is 182 Å². The van der Waals surface area contributed by atoms with Crippen molar-refractivity contribution in [1.82, 2.24) is 9.97 Å². The maximum absolute atomic E-state index is 9.43. The highest BCUT2D eigenvalue weighted by Gasteiger charge is 2.15. The lowest BCUT2D eigenvalue weighted by atomic mass is 10.2. The summed E-state index contributed by atoms with van der Waals surface area (Å²) in [5, 5.41) is 11.0. The summed E-state index contributed by atoms with van der Waals surface area (Å²) in [7, 11) is 1.56. The summed E-state index contributed by atoms with van der Waals surface area (Å²) in [5.74, 6) is 1.75. The van der Waals surface area contributed by atoms with E-state index in [2.05, 4.69) is 9.97 Å². The second-order valence-corrected chi connectivity index (χ2v) is 7.57. The summed E-state index contributed by atoms with van der Waals surface area (Å²) in [6.07, 6.45) is 0. The monoisotopic (exact) mass is 446 g/mol. The Morgan fingerprint density at radius 1 is 1.14 bits per heavy atom. The molecule has 0 saturated heterocycles. The third kappa shape index (κ3) is 5.24. The molecule has 0 aliphatic carbocycles. The van der Waals surface area contributed by atoms with Crippen LogP contribution in [0.3, 0.4) is 0 Å². The van der Waals surface area contributed by atoms with Gasteiger partial charge in [-0.1, -0.05) is 53.2 Å². The summed E-state index contributed by atoms with van der Waals surface area (Å²) >= 11 is 13.5. The van der Waals surface area contributed by atoms with Gasteiger partial charge in [0.2, 0.25) is 0 Å². The number of hydrogen-bond donors (Lipinski definition) is 1. The van der Waals surface area contributed by atoms with Crippen molar-refractivity contribution < 1.29 is 9.47 Å². The number of nitriles is 1. The number of aromatic nitrogens is 2. The molecule has 1 aromatic heterocycles. The Bertz CT molecular complexity index is 1070. The van der Waals surface area contributed by atoms with E-state index in [-0.39, 0.29) is 18.0 Å². The van der Waals surface area contributed by atoms with Crippen LogP contribution in [0, 0.1) is 11.3 Å². The predicted molar refractivity (Wildman–Crippen MR) is 115 cm³/mol. The first-order valence-electron chi connectivity index (χ1n) is 8.41. The molecule has 0 spiro atoms. The van der Waals surface area contributed by atoms with Gasteiger partial charge in [0.1, 0.15) is 29.8 Å². The van der Waals surface area contributed by atoms with Crippen LogP contribution in [-0.4, -0.2) is 17.1 Å². The van der Waals surface area contributed by atoms with Gasteiger partial charge in [0, 0.05) is 15.8 Å².